The van der Waals surface area contributed by atoms with Gasteiger partial charge in [0.15, 0.2) is 5.84 Å². The van der Waals surface area contributed by atoms with Gasteiger partial charge in [-0.3, -0.25) is 4.90 Å². The first-order valence-electron chi connectivity index (χ1n) is 6.54. The summed E-state index contributed by atoms with van der Waals surface area (Å²) in [6, 6.07) is 3.77. The number of piperazine rings is 1. The van der Waals surface area contributed by atoms with E-state index < -0.39 is 5.54 Å². The Morgan fingerprint density at radius 2 is 2.00 bits per heavy atom. The molecule has 3 N–H and O–H groups in total. The van der Waals surface area contributed by atoms with Crippen molar-refractivity contribution < 1.29 is 5.21 Å². The van der Waals surface area contributed by atoms with Gasteiger partial charge in [0.25, 0.3) is 0 Å². The molecule has 2 rings (SSSR count). The Morgan fingerprint density at radius 3 is 2.50 bits per heavy atom. The molecule has 1 aromatic rings. The summed E-state index contributed by atoms with van der Waals surface area (Å²) < 4.78 is 0. The maximum Gasteiger partial charge on any atom is 0.159 e. The highest BCUT2D eigenvalue weighted by molar-refractivity contribution is 6.30. The van der Waals surface area contributed by atoms with E-state index in [0.717, 1.165) is 32.0 Å². The quantitative estimate of drug-likeness (QED) is 0.381. The topological polar surface area (TPSA) is 78.0 Å². The smallest absolute Gasteiger partial charge is 0.159 e. The van der Waals surface area contributed by atoms with Crippen molar-refractivity contribution in [2.24, 2.45) is 10.9 Å². The van der Waals surface area contributed by atoms with E-state index >= 15 is 0 Å². The lowest BCUT2D eigenvalue weighted by Gasteiger charge is -2.43. The highest BCUT2D eigenvalue weighted by Crippen LogP contribution is 2.21. The number of rotatable bonds is 3. The Hall–Kier alpha value is -1.53. The van der Waals surface area contributed by atoms with E-state index in [1.807, 2.05) is 26.0 Å². The van der Waals surface area contributed by atoms with Gasteiger partial charge in [0, 0.05) is 32.4 Å². The number of nitrogens with two attached hydrogens (primary N) is 1. The molecule has 0 aromatic carbocycles. The highest BCUT2D eigenvalue weighted by Gasteiger charge is 2.33. The van der Waals surface area contributed by atoms with Crippen LogP contribution in [0, 0.1) is 0 Å². The standard InChI is InChI=1S/C13H20ClN5O/c1-13(2,12(15)17-20)19-7-5-18(6-8-19)11-4-3-10(14)9-16-11/h3-4,9,20H,5-8H2,1-2H3,(H2,15,17). The predicted octanol–water partition coefficient (Wildman–Crippen LogP) is 1.38. The number of aromatic nitrogens is 1. The average Bonchev–Trinajstić information content (AvgIpc) is 2.47. The molecule has 0 saturated carbocycles. The van der Waals surface area contributed by atoms with Crippen molar-refractivity contribution >= 4 is 23.3 Å². The van der Waals surface area contributed by atoms with Gasteiger partial charge in [0.1, 0.15) is 5.82 Å². The number of hydrogen-bond acceptors (Lipinski definition) is 5. The largest absolute Gasteiger partial charge is 0.409 e. The minimum Gasteiger partial charge on any atom is -0.409 e. The zero-order valence-electron chi connectivity index (χ0n) is 11.8. The van der Waals surface area contributed by atoms with E-state index in [1.165, 1.54) is 0 Å². The maximum atomic E-state index is 8.86. The molecule has 0 atom stereocenters. The summed E-state index contributed by atoms with van der Waals surface area (Å²) in [6.45, 7) is 7.26. The van der Waals surface area contributed by atoms with E-state index in [2.05, 4.69) is 19.9 Å². The number of pyridine rings is 1. The fourth-order valence-electron chi connectivity index (χ4n) is 2.33. The Morgan fingerprint density at radius 1 is 1.35 bits per heavy atom. The van der Waals surface area contributed by atoms with E-state index in [0.29, 0.717) is 5.02 Å². The van der Waals surface area contributed by atoms with Crippen LogP contribution in [0.2, 0.25) is 5.02 Å². The number of hydrogen-bond donors (Lipinski definition) is 2. The molecule has 110 valence electrons. The van der Waals surface area contributed by atoms with Crippen molar-refractivity contribution in [3.8, 4) is 0 Å². The molecular weight excluding hydrogens is 278 g/mol. The molecule has 7 heteroatoms. The summed E-state index contributed by atoms with van der Waals surface area (Å²) in [5.41, 5.74) is 5.31. The van der Waals surface area contributed by atoms with Crippen LogP contribution in [-0.2, 0) is 0 Å². The van der Waals surface area contributed by atoms with Crippen molar-refractivity contribution in [3.05, 3.63) is 23.4 Å². The van der Waals surface area contributed by atoms with Gasteiger partial charge < -0.3 is 15.8 Å². The number of anilines is 1. The van der Waals surface area contributed by atoms with Gasteiger partial charge in [0.05, 0.1) is 10.6 Å². The number of amidine groups is 1. The maximum absolute atomic E-state index is 8.86. The molecule has 2 heterocycles. The second-order valence-corrected chi connectivity index (χ2v) is 5.79. The van der Waals surface area contributed by atoms with Gasteiger partial charge >= 0.3 is 0 Å². The molecule has 0 aliphatic carbocycles. The third-order valence-corrected chi connectivity index (χ3v) is 4.06. The second kappa shape index (κ2) is 5.85. The van der Waals surface area contributed by atoms with Gasteiger partial charge in [-0.1, -0.05) is 16.8 Å². The third kappa shape index (κ3) is 2.96. The highest BCUT2D eigenvalue weighted by atomic mass is 35.5. The molecule has 1 aromatic heterocycles. The molecule has 0 unspecified atom stereocenters. The molecule has 6 nitrogen and oxygen atoms in total. The molecule has 1 aliphatic rings. The number of oxime groups is 1. The lowest BCUT2D eigenvalue weighted by molar-refractivity contribution is 0.161. The fraction of sp³-hybridized carbons (Fsp3) is 0.538. The Balaban J connectivity index is 2.00. The van der Waals surface area contributed by atoms with Crippen molar-refractivity contribution in [3.63, 3.8) is 0 Å². The van der Waals surface area contributed by atoms with Gasteiger partial charge in [-0.15, -0.1) is 0 Å². The van der Waals surface area contributed by atoms with E-state index in [9.17, 15) is 0 Å². The molecule has 0 amide bonds. The molecule has 1 fully saturated rings. The average molecular weight is 298 g/mol. The van der Waals surface area contributed by atoms with Crippen molar-refractivity contribution in [2.75, 3.05) is 31.1 Å². The summed E-state index contributed by atoms with van der Waals surface area (Å²) in [6.07, 6.45) is 1.66. The second-order valence-electron chi connectivity index (χ2n) is 5.35. The molecule has 0 spiro atoms. The van der Waals surface area contributed by atoms with Crippen molar-refractivity contribution in [1.29, 1.82) is 0 Å². The van der Waals surface area contributed by atoms with Gasteiger partial charge in [-0.25, -0.2) is 4.98 Å². The van der Waals surface area contributed by atoms with E-state index in [-0.39, 0.29) is 5.84 Å². The molecule has 0 radical (unpaired) electrons. The van der Waals surface area contributed by atoms with Crippen LogP contribution in [0.3, 0.4) is 0 Å². The van der Waals surface area contributed by atoms with Crippen molar-refractivity contribution in [2.45, 2.75) is 19.4 Å². The summed E-state index contributed by atoms with van der Waals surface area (Å²) in [5.74, 6) is 1.16. The van der Waals surface area contributed by atoms with Crippen LogP contribution >= 0.6 is 11.6 Å². The lowest BCUT2D eigenvalue weighted by atomic mass is 10.0. The number of nitrogens with zero attached hydrogens (tertiary/aromatic N) is 4. The van der Waals surface area contributed by atoms with Crippen LogP contribution in [0.1, 0.15) is 13.8 Å². The summed E-state index contributed by atoms with van der Waals surface area (Å²) in [5, 5.41) is 12.6. The zero-order chi connectivity index (χ0) is 14.8. The van der Waals surface area contributed by atoms with Crippen LogP contribution in [0.4, 0.5) is 5.82 Å². The SMILES string of the molecule is CC(C)(C(N)=NO)N1CCN(c2ccc(Cl)cn2)CC1. The zero-order valence-corrected chi connectivity index (χ0v) is 12.5. The molecule has 20 heavy (non-hydrogen) atoms. The Labute approximate surface area is 123 Å². The van der Waals surface area contributed by atoms with Crippen molar-refractivity contribution in [1.82, 2.24) is 9.88 Å². The minimum absolute atomic E-state index is 0.232. The van der Waals surface area contributed by atoms with Gasteiger partial charge in [0.2, 0.25) is 0 Å². The predicted molar refractivity (Wildman–Crippen MR) is 80.5 cm³/mol. The first-order chi connectivity index (χ1) is 9.45. The van der Waals surface area contributed by atoms with Gasteiger partial charge in [-0.05, 0) is 26.0 Å². The third-order valence-electron chi connectivity index (χ3n) is 3.84. The summed E-state index contributed by atoms with van der Waals surface area (Å²) >= 11 is 5.84. The monoisotopic (exact) mass is 297 g/mol. The van der Waals surface area contributed by atoms with Crippen LogP contribution in [0.15, 0.2) is 23.5 Å². The Kier molecular flexibility index (Phi) is 4.35. The van der Waals surface area contributed by atoms with Gasteiger partial charge in [-0.2, -0.15) is 0 Å². The minimum atomic E-state index is -0.450. The molecule has 0 bridgehead atoms. The first-order valence-corrected chi connectivity index (χ1v) is 6.92. The Bertz CT molecular complexity index is 480. The summed E-state index contributed by atoms with van der Waals surface area (Å²) in [7, 11) is 0. The van der Waals surface area contributed by atoms with Crippen LogP contribution < -0.4 is 10.6 Å². The van der Waals surface area contributed by atoms with E-state index in [1.54, 1.807) is 6.20 Å². The van der Waals surface area contributed by atoms with Crippen LogP contribution in [0.5, 0.6) is 0 Å². The lowest BCUT2D eigenvalue weighted by Crippen LogP contribution is -2.59. The van der Waals surface area contributed by atoms with E-state index in [4.69, 9.17) is 22.5 Å². The van der Waals surface area contributed by atoms with Crippen LogP contribution in [-0.4, -0.2) is 52.6 Å². The normalized spacial score (nSPS) is 18.4. The molecule has 1 aliphatic heterocycles. The first kappa shape index (κ1) is 14.9. The molecule has 1 saturated heterocycles. The number of halogens is 1. The fourth-order valence-corrected chi connectivity index (χ4v) is 2.45. The summed E-state index contributed by atoms with van der Waals surface area (Å²) in [4.78, 5) is 8.73. The van der Waals surface area contributed by atoms with Crippen LogP contribution in [0.25, 0.3) is 0 Å². The molecular formula is C13H20ClN5O.